The summed E-state index contributed by atoms with van der Waals surface area (Å²) in [5.41, 5.74) is 0.495. The number of rotatable bonds is 1. The number of phenolic OH excluding ortho intramolecular Hbond substituents is 1. The summed E-state index contributed by atoms with van der Waals surface area (Å²) in [5, 5.41) is 31.8. The minimum atomic E-state index is -0.777. The molecule has 0 heterocycles. The van der Waals surface area contributed by atoms with Crippen LogP contribution in [0.3, 0.4) is 0 Å². The van der Waals surface area contributed by atoms with Crippen LogP contribution in [0.15, 0.2) is 12.1 Å². The SMILES string of the molecule is COc1ccc2c(c1O)CC[C@@H]1[C@]2(C)[C@H](O)CC[C@@]1(C)O. The third-order valence-corrected chi connectivity index (χ3v) is 5.82. The average molecular weight is 292 g/mol. The van der Waals surface area contributed by atoms with Crippen LogP contribution >= 0.6 is 0 Å². The first-order chi connectivity index (χ1) is 9.82. The maximum atomic E-state index is 10.7. The van der Waals surface area contributed by atoms with E-state index in [0.29, 0.717) is 25.0 Å². The predicted octanol–water partition coefficient (Wildman–Crippen LogP) is 2.13. The number of aliphatic hydroxyl groups excluding tert-OH is 1. The summed E-state index contributed by atoms with van der Waals surface area (Å²) in [6.45, 7) is 3.88. The van der Waals surface area contributed by atoms with Crippen molar-refractivity contribution in [2.24, 2.45) is 5.92 Å². The molecule has 4 heteroatoms. The molecule has 3 rings (SSSR count). The molecule has 1 aromatic rings. The molecule has 2 aliphatic carbocycles. The molecule has 0 aliphatic heterocycles. The van der Waals surface area contributed by atoms with Gasteiger partial charge in [0.05, 0.1) is 18.8 Å². The molecule has 1 aromatic carbocycles. The van der Waals surface area contributed by atoms with Gasteiger partial charge in [0.25, 0.3) is 0 Å². The van der Waals surface area contributed by atoms with Crippen molar-refractivity contribution in [1.82, 2.24) is 0 Å². The van der Waals surface area contributed by atoms with Crippen molar-refractivity contribution in [3.05, 3.63) is 23.3 Å². The smallest absolute Gasteiger partial charge is 0.161 e. The number of methoxy groups -OCH3 is 1. The van der Waals surface area contributed by atoms with Gasteiger partial charge in [-0.25, -0.2) is 0 Å². The Kier molecular flexibility index (Phi) is 3.22. The third kappa shape index (κ3) is 1.89. The molecular weight excluding hydrogens is 268 g/mol. The first-order valence-electron chi connectivity index (χ1n) is 7.62. The van der Waals surface area contributed by atoms with Crippen LogP contribution in [0.2, 0.25) is 0 Å². The summed E-state index contributed by atoms with van der Waals surface area (Å²) in [4.78, 5) is 0. The fraction of sp³-hybridized carbons (Fsp3) is 0.647. The van der Waals surface area contributed by atoms with Crippen molar-refractivity contribution in [3.8, 4) is 11.5 Å². The topological polar surface area (TPSA) is 69.9 Å². The van der Waals surface area contributed by atoms with Gasteiger partial charge in [-0.05, 0) is 50.2 Å². The van der Waals surface area contributed by atoms with E-state index in [0.717, 1.165) is 17.5 Å². The van der Waals surface area contributed by atoms with Crippen LogP contribution in [0.25, 0.3) is 0 Å². The second-order valence-corrected chi connectivity index (χ2v) is 6.93. The monoisotopic (exact) mass is 292 g/mol. The molecule has 0 radical (unpaired) electrons. The highest BCUT2D eigenvalue weighted by atomic mass is 16.5. The van der Waals surface area contributed by atoms with Gasteiger partial charge in [-0.2, -0.15) is 0 Å². The van der Waals surface area contributed by atoms with Gasteiger partial charge in [-0.1, -0.05) is 13.0 Å². The Hall–Kier alpha value is -1.26. The van der Waals surface area contributed by atoms with Crippen LogP contribution in [-0.2, 0) is 11.8 Å². The summed E-state index contributed by atoms with van der Waals surface area (Å²) < 4.78 is 5.19. The van der Waals surface area contributed by atoms with E-state index in [4.69, 9.17) is 4.74 Å². The van der Waals surface area contributed by atoms with Crippen molar-refractivity contribution >= 4 is 0 Å². The Morgan fingerprint density at radius 1 is 1.24 bits per heavy atom. The molecular formula is C17H24O4. The number of hydrogen-bond donors (Lipinski definition) is 3. The largest absolute Gasteiger partial charge is 0.504 e. The zero-order valence-corrected chi connectivity index (χ0v) is 12.9. The number of hydrogen-bond acceptors (Lipinski definition) is 4. The highest BCUT2D eigenvalue weighted by Gasteiger charge is 2.56. The normalized spacial score (nSPS) is 38.5. The molecule has 1 fully saturated rings. The Labute approximate surface area is 125 Å². The van der Waals surface area contributed by atoms with Crippen molar-refractivity contribution in [2.75, 3.05) is 7.11 Å². The molecule has 0 bridgehead atoms. The summed E-state index contributed by atoms with van der Waals surface area (Å²) >= 11 is 0. The van der Waals surface area contributed by atoms with E-state index in [1.54, 1.807) is 6.07 Å². The van der Waals surface area contributed by atoms with Gasteiger partial charge in [0, 0.05) is 11.0 Å². The quantitative estimate of drug-likeness (QED) is 0.741. The Balaban J connectivity index is 2.18. The van der Waals surface area contributed by atoms with E-state index in [1.165, 1.54) is 7.11 Å². The number of ether oxygens (including phenoxy) is 1. The molecule has 0 saturated heterocycles. The lowest BCUT2D eigenvalue weighted by atomic mass is 9.52. The summed E-state index contributed by atoms with van der Waals surface area (Å²) in [6, 6.07) is 3.68. The summed E-state index contributed by atoms with van der Waals surface area (Å²) in [6.07, 6.45) is 2.14. The van der Waals surface area contributed by atoms with E-state index in [2.05, 4.69) is 0 Å². The Morgan fingerprint density at radius 2 is 1.95 bits per heavy atom. The lowest BCUT2D eigenvalue weighted by Crippen LogP contribution is -2.59. The zero-order valence-electron chi connectivity index (χ0n) is 12.9. The number of benzene rings is 1. The first kappa shape index (κ1) is 14.7. The number of phenols is 1. The van der Waals surface area contributed by atoms with Gasteiger partial charge in [0.1, 0.15) is 0 Å². The van der Waals surface area contributed by atoms with Crippen molar-refractivity contribution < 1.29 is 20.1 Å². The molecule has 0 amide bonds. The van der Waals surface area contributed by atoms with Crippen molar-refractivity contribution in [2.45, 2.75) is 56.7 Å². The van der Waals surface area contributed by atoms with Crippen LogP contribution in [0.4, 0.5) is 0 Å². The maximum absolute atomic E-state index is 10.7. The summed E-state index contributed by atoms with van der Waals surface area (Å²) in [5.74, 6) is 0.633. The van der Waals surface area contributed by atoms with E-state index < -0.39 is 17.1 Å². The molecule has 0 unspecified atom stereocenters. The van der Waals surface area contributed by atoms with E-state index in [1.807, 2.05) is 19.9 Å². The average Bonchev–Trinajstić information content (AvgIpc) is 2.44. The second-order valence-electron chi connectivity index (χ2n) is 6.93. The molecule has 1 saturated carbocycles. The van der Waals surface area contributed by atoms with Gasteiger partial charge < -0.3 is 20.1 Å². The maximum Gasteiger partial charge on any atom is 0.161 e. The molecule has 0 aromatic heterocycles. The van der Waals surface area contributed by atoms with Gasteiger partial charge in [-0.15, -0.1) is 0 Å². The third-order valence-electron chi connectivity index (χ3n) is 5.82. The van der Waals surface area contributed by atoms with Crippen LogP contribution in [-0.4, -0.2) is 34.1 Å². The molecule has 4 atom stereocenters. The van der Waals surface area contributed by atoms with E-state index >= 15 is 0 Å². The lowest BCUT2D eigenvalue weighted by molar-refractivity contribution is -0.122. The van der Waals surface area contributed by atoms with Crippen molar-refractivity contribution in [3.63, 3.8) is 0 Å². The Bertz CT molecular complexity index is 566. The minimum absolute atomic E-state index is 0.00551. The zero-order chi connectivity index (χ0) is 15.4. The molecule has 2 aliphatic rings. The second kappa shape index (κ2) is 4.62. The van der Waals surface area contributed by atoms with Gasteiger partial charge in [-0.3, -0.25) is 0 Å². The fourth-order valence-electron chi connectivity index (χ4n) is 4.59. The van der Waals surface area contributed by atoms with Gasteiger partial charge >= 0.3 is 0 Å². The molecule has 116 valence electrons. The van der Waals surface area contributed by atoms with Crippen LogP contribution in [0.1, 0.15) is 44.2 Å². The number of fused-ring (bicyclic) bond motifs is 3. The highest BCUT2D eigenvalue weighted by Crippen LogP contribution is 2.55. The highest BCUT2D eigenvalue weighted by molar-refractivity contribution is 5.54. The van der Waals surface area contributed by atoms with Crippen LogP contribution in [0, 0.1) is 5.92 Å². The molecule has 4 nitrogen and oxygen atoms in total. The summed E-state index contributed by atoms with van der Waals surface area (Å²) in [7, 11) is 1.54. The van der Waals surface area contributed by atoms with Crippen LogP contribution < -0.4 is 4.74 Å². The first-order valence-corrected chi connectivity index (χ1v) is 7.62. The lowest BCUT2D eigenvalue weighted by Gasteiger charge is -2.55. The van der Waals surface area contributed by atoms with Crippen molar-refractivity contribution in [1.29, 1.82) is 0 Å². The molecule has 0 spiro atoms. The standard InChI is InChI=1S/C17H24O4/c1-16(20)9-8-14(18)17(2)11-5-6-12(21-3)15(19)10(11)4-7-13(16)17/h5-6,13-14,18-20H,4,7-9H2,1-3H3/t13-,14+,16+,17+/m0/s1. The van der Waals surface area contributed by atoms with E-state index in [9.17, 15) is 15.3 Å². The number of aliphatic hydroxyl groups is 2. The van der Waals surface area contributed by atoms with Gasteiger partial charge in [0.2, 0.25) is 0 Å². The number of aromatic hydroxyl groups is 1. The van der Waals surface area contributed by atoms with Crippen LogP contribution in [0.5, 0.6) is 11.5 Å². The predicted molar refractivity (Wildman–Crippen MR) is 79.7 cm³/mol. The minimum Gasteiger partial charge on any atom is -0.504 e. The molecule has 3 N–H and O–H groups in total. The van der Waals surface area contributed by atoms with Gasteiger partial charge in [0.15, 0.2) is 11.5 Å². The Morgan fingerprint density at radius 3 is 2.62 bits per heavy atom. The molecule has 21 heavy (non-hydrogen) atoms. The fourth-order valence-corrected chi connectivity index (χ4v) is 4.59. The van der Waals surface area contributed by atoms with E-state index in [-0.39, 0.29) is 11.7 Å².